The molecular formula is C32H35N. The van der Waals surface area contributed by atoms with Crippen molar-refractivity contribution in [1.29, 1.82) is 0 Å². The zero-order chi connectivity index (χ0) is 22.3. The molecule has 1 heteroatoms. The van der Waals surface area contributed by atoms with Crippen LogP contribution in [0.3, 0.4) is 0 Å². The van der Waals surface area contributed by atoms with Crippen molar-refractivity contribution in [3.8, 4) is 0 Å². The lowest BCUT2D eigenvalue weighted by Crippen LogP contribution is -1.97. The maximum atomic E-state index is 2.53. The van der Waals surface area contributed by atoms with Crippen molar-refractivity contribution in [2.45, 2.75) is 64.3 Å². The van der Waals surface area contributed by atoms with Gasteiger partial charge in [-0.1, -0.05) is 117 Å². The standard InChI is InChI=1S/C32H35N/c1(3-5-7-15-26-22-23-27-16-8-9-17-28(27)25-26)2-4-6-14-24-33-31-20-12-10-18-29(31)30-19-11-13-21-32(30)33/h8-13,16-23,25H,1-7,14-15,24H2. The van der Waals surface area contributed by atoms with E-state index < -0.39 is 0 Å². The Hall–Kier alpha value is -3.06. The summed E-state index contributed by atoms with van der Waals surface area (Å²) in [6.45, 7) is 1.12. The molecule has 0 aliphatic heterocycles. The molecule has 0 fully saturated rings. The van der Waals surface area contributed by atoms with Crippen molar-refractivity contribution in [2.24, 2.45) is 0 Å². The van der Waals surface area contributed by atoms with Crippen LogP contribution >= 0.6 is 0 Å². The molecular weight excluding hydrogens is 398 g/mol. The fourth-order valence-electron chi connectivity index (χ4n) is 5.30. The van der Waals surface area contributed by atoms with E-state index in [1.807, 2.05) is 0 Å². The fourth-order valence-corrected chi connectivity index (χ4v) is 5.30. The van der Waals surface area contributed by atoms with Gasteiger partial charge >= 0.3 is 0 Å². The minimum absolute atomic E-state index is 1.12. The Balaban J connectivity index is 0.995. The summed E-state index contributed by atoms with van der Waals surface area (Å²) in [5.41, 5.74) is 4.24. The molecule has 0 unspecified atom stereocenters. The van der Waals surface area contributed by atoms with E-state index in [0.29, 0.717) is 0 Å². The second-order valence-corrected chi connectivity index (χ2v) is 9.45. The molecule has 0 aliphatic rings. The van der Waals surface area contributed by atoms with Crippen LogP contribution in [0.25, 0.3) is 32.6 Å². The van der Waals surface area contributed by atoms with Gasteiger partial charge in [0.2, 0.25) is 0 Å². The average molecular weight is 434 g/mol. The molecule has 0 amide bonds. The number of nitrogens with zero attached hydrogens (tertiary/aromatic N) is 1. The zero-order valence-electron chi connectivity index (χ0n) is 19.7. The van der Waals surface area contributed by atoms with E-state index in [2.05, 4.69) is 95.6 Å². The summed E-state index contributed by atoms with van der Waals surface area (Å²) in [5.74, 6) is 0. The first-order valence-electron chi connectivity index (χ1n) is 12.8. The normalized spacial score (nSPS) is 11.6. The Morgan fingerprint density at radius 2 is 1.00 bits per heavy atom. The molecule has 1 nitrogen and oxygen atoms in total. The highest BCUT2D eigenvalue weighted by molar-refractivity contribution is 6.07. The van der Waals surface area contributed by atoms with E-state index in [0.717, 1.165) is 6.54 Å². The first-order chi connectivity index (χ1) is 16.4. The number of hydrogen-bond donors (Lipinski definition) is 0. The first kappa shape index (κ1) is 21.8. The lowest BCUT2D eigenvalue weighted by atomic mass is 10.0. The number of rotatable bonds is 11. The van der Waals surface area contributed by atoms with Gasteiger partial charge in [0.25, 0.3) is 0 Å². The van der Waals surface area contributed by atoms with Gasteiger partial charge < -0.3 is 4.57 Å². The van der Waals surface area contributed by atoms with Crippen molar-refractivity contribution < 1.29 is 0 Å². The van der Waals surface area contributed by atoms with E-state index in [-0.39, 0.29) is 0 Å². The van der Waals surface area contributed by atoms with Crippen LogP contribution in [0.4, 0.5) is 0 Å². The van der Waals surface area contributed by atoms with Gasteiger partial charge in [-0.3, -0.25) is 0 Å². The van der Waals surface area contributed by atoms with Gasteiger partial charge in [-0.05, 0) is 47.7 Å². The molecule has 0 bridgehead atoms. The topological polar surface area (TPSA) is 4.93 Å². The molecule has 0 atom stereocenters. The summed E-state index contributed by atoms with van der Waals surface area (Å²) in [7, 11) is 0. The predicted molar refractivity (Wildman–Crippen MR) is 144 cm³/mol. The van der Waals surface area contributed by atoms with Crippen molar-refractivity contribution in [3.63, 3.8) is 0 Å². The molecule has 0 N–H and O–H groups in total. The molecule has 1 aromatic heterocycles. The monoisotopic (exact) mass is 433 g/mol. The molecule has 0 aliphatic carbocycles. The molecule has 0 spiro atoms. The van der Waals surface area contributed by atoms with Crippen LogP contribution < -0.4 is 0 Å². The predicted octanol–water partition coefficient (Wildman–Crippen LogP) is 9.31. The van der Waals surface area contributed by atoms with E-state index in [4.69, 9.17) is 0 Å². The lowest BCUT2D eigenvalue weighted by Gasteiger charge is -2.08. The Morgan fingerprint density at radius 3 is 1.70 bits per heavy atom. The Bertz CT molecular complexity index is 1270. The van der Waals surface area contributed by atoms with Gasteiger partial charge in [0.05, 0.1) is 0 Å². The molecule has 5 rings (SSSR count). The molecule has 0 saturated carbocycles. The average Bonchev–Trinajstić information content (AvgIpc) is 3.19. The second-order valence-electron chi connectivity index (χ2n) is 9.45. The van der Waals surface area contributed by atoms with Crippen molar-refractivity contribution in [2.75, 3.05) is 0 Å². The molecule has 0 radical (unpaired) electrons. The molecule has 4 aromatic carbocycles. The van der Waals surface area contributed by atoms with E-state index in [1.54, 1.807) is 0 Å². The Kier molecular flexibility index (Phi) is 7.06. The minimum Gasteiger partial charge on any atom is -0.340 e. The molecule has 5 aromatic rings. The van der Waals surface area contributed by atoms with Crippen LogP contribution in [-0.4, -0.2) is 4.57 Å². The number of benzene rings is 4. The summed E-state index contributed by atoms with van der Waals surface area (Å²) < 4.78 is 2.53. The molecule has 1 heterocycles. The summed E-state index contributed by atoms with van der Waals surface area (Å²) >= 11 is 0. The van der Waals surface area contributed by atoms with Gasteiger partial charge in [0, 0.05) is 28.4 Å². The van der Waals surface area contributed by atoms with Crippen LogP contribution in [-0.2, 0) is 13.0 Å². The first-order valence-corrected chi connectivity index (χ1v) is 12.8. The third kappa shape index (κ3) is 5.14. The largest absolute Gasteiger partial charge is 0.340 e. The summed E-state index contributed by atoms with van der Waals surface area (Å²) in [4.78, 5) is 0. The van der Waals surface area contributed by atoms with Crippen molar-refractivity contribution in [1.82, 2.24) is 4.57 Å². The van der Waals surface area contributed by atoms with Crippen molar-refractivity contribution in [3.05, 3.63) is 96.6 Å². The van der Waals surface area contributed by atoms with E-state index in [1.165, 1.54) is 95.9 Å². The number of unbranched alkanes of at least 4 members (excludes halogenated alkanes) is 7. The highest BCUT2D eigenvalue weighted by Crippen LogP contribution is 2.29. The number of aromatic nitrogens is 1. The van der Waals surface area contributed by atoms with Crippen molar-refractivity contribution >= 4 is 32.6 Å². The fraction of sp³-hybridized carbons (Fsp3) is 0.312. The molecule has 168 valence electrons. The van der Waals surface area contributed by atoms with Gasteiger partial charge in [-0.25, -0.2) is 0 Å². The van der Waals surface area contributed by atoms with Crippen LogP contribution in [0.15, 0.2) is 91.0 Å². The van der Waals surface area contributed by atoms with Gasteiger partial charge in [-0.15, -0.1) is 0 Å². The van der Waals surface area contributed by atoms with E-state index >= 15 is 0 Å². The number of hydrogen-bond acceptors (Lipinski definition) is 0. The summed E-state index contributed by atoms with van der Waals surface area (Å²) in [6, 6.07) is 33.3. The van der Waals surface area contributed by atoms with Gasteiger partial charge in [0.15, 0.2) is 0 Å². The van der Waals surface area contributed by atoms with Gasteiger partial charge in [0.1, 0.15) is 0 Å². The zero-order valence-corrected chi connectivity index (χ0v) is 19.7. The quantitative estimate of drug-likeness (QED) is 0.183. The highest BCUT2D eigenvalue weighted by atomic mass is 15.0. The lowest BCUT2D eigenvalue weighted by molar-refractivity contribution is 0.548. The smallest absolute Gasteiger partial charge is 0.0491 e. The third-order valence-electron chi connectivity index (χ3n) is 7.09. The SMILES string of the molecule is c1ccc2cc(CCCCCCCCCCn3c4ccccc4c4ccccc43)ccc2c1. The maximum Gasteiger partial charge on any atom is 0.0491 e. The van der Waals surface area contributed by atoms with E-state index in [9.17, 15) is 0 Å². The maximum absolute atomic E-state index is 2.53. The van der Waals surface area contributed by atoms with Crippen LogP contribution in [0.5, 0.6) is 0 Å². The number of para-hydroxylation sites is 2. The van der Waals surface area contributed by atoms with Crippen LogP contribution in [0.2, 0.25) is 0 Å². The van der Waals surface area contributed by atoms with Gasteiger partial charge in [-0.2, -0.15) is 0 Å². The molecule has 33 heavy (non-hydrogen) atoms. The van der Waals surface area contributed by atoms with Crippen LogP contribution in [0.1, 0.15) is 56.9 Å². The minimum atomic E-state index is 1.12. The second kappa shape index (κ2) is 10.7. The highest BCUT2D eigenvalue weighted by Gasteiger charge is 2.08. The Morgan fingerprint density at radius 1 is 0.455 bits per heavy atom. The third-order valence-corrected chi connectivity index (χ3v) is 7.09. The Labute approximate surface area is 198 Å². The number of fused-ring (bicyclic) bond motifs is 4. The number of aryl methyl sites for hydroxylation is 2. The van der Waals surface area contributed by atoms with Crippen LogP contribution in [0, 0.1) is 0 Å². The summed E-state index contributed by atoms with van der Waals surface area (Å²) in [5, 5.41) is 5.49. The summed E-state index contributed by atoms with van der Waals surface area (Å²) in [6.07, 6.45) is 12.0. The molecule has 0 saturated heterocycles.